The molecule has 2 heterocycles. The highest BCUT2D eigenvalue weighted by Crippen LogP contribution is 2.16. The molecule has 2 saturated heterocycles. The third kappa shape index (κ3) is 9.93. The molecule has 0 saturated carbocycles. The fourth-order valence-corrected chi connectivity index (χ4v) is 4.29. The van der Waals surface area contributed by atoms with Crippen LogP contribution in [-0.2, 0) is 22.6 Å². The zero-order valence-electron chi connectivity index (χ0n) is 20.0. The van der Waals surface area contributed by atoms with Crippen LogP contribution in [0.5, 0.6) is 0 Å². The molecule has 0 amide bonds. The molecule has 0 spiro atoms. The molecule has 2 aliphatic rings. The number of piperidine rings is 1. The smallest absolute Gasteiger partial charge is 0.191 e. The van der Waals surface area contributed by atoms with Gasteiger partial charge in [-0.3, -0.25) is 0 Å². The third-order valence-corrected chi connectivity index (χ3v) is 6.30. The normalized spacial score (nSPS) is 20.6. The average Bonchev–Trinajstić information content (AvgIpc) is 2.81. The average molecular weight is 559 g/mol. The molecule has 2 aliphatic heterocycles. The lowest BCUT2D eigenvalue weighted by Crippen LogP contribution is -2.41. The number of guanidine groups is 1. The van der Waals surface area contributed by atoms with Gasteiger partial charge in [0, 0.05) is 38.9 Å². The summed E-state index contributed by atoms with van der Waals surface area (Å²) in [7, 11) is 0. The molecular weight excluding hydrogens is 515 g/mol. The number of nitrogens with zero attached hydrogens (tertiary/aromatic N) is 2. The van der Waals surface area contributed by atoms with Gasteiger partial charge < -0.3 is 25.0 Å². The number of hydrogen-bond acceptors (Lipinski definition) is 4. The number of rotatable bonds is 10. The summed E-state index contributed by atoms with van der Waals surface area (Å²) in [5.74, 6) is 0.904. The van der Waals surface area contributed by atoms with E-state index >= 15 is 0 Å². The quantitative estimate of drug-likeness (QED) is 0.194. The maximum absolute atomic E-state index is 6.01. The van der Waals surface area contributed by atoms with Crippen molar-refractivity contribution in [2.45, 2.75) is 77.7 Å². The van der Waals surface area contributed by atoms with Crippen LogP contribution in [0, 0.1) is 0 Å². The lowest BCUT2D eigenvalue weighted by Gasteiger charge is -2.33. The Hall–Kier alpha value is -0.900. The SMILES string of the molecule is CCNC(=NCc1ccc(COC2CCOCC2)cc1)NCCCN1CCCCC1C.I. The minimum atomic E-state index is 0. The predicted molar refractivity (Wildman–Crippen MR) is 143 cm³/mol. The molecule has 1 unspecified atom stereocenters. The van der Waals surface area contributed by atoms with E-state index in [-0.39, 0.29) is 24.0 Å². The molecule has 182 valence electrons. The lowest BCUT2D eigenvalue weighted by molar-refractivity contribution is -0.0390. The number of aliphatic imine (C=N–C) groups is 1. The van der Waals surface area contributed by atoms with Gasteiger partial charge in [-0.1, -0.05) is 30.7 Å². The Morgan fingerprint density at radius 1 is 1.09 bits per heavy atom. The van der Waals surface area contributed by atoms with Gasteiger partial charge in [0.25, 0.3) is 0 Å². The lowest BCUT2D eigenvalue weighted by atomic mass is 10.0. The van der Waals surface area contributed by atoms with Crippen molar-refractivity contribution >= 4 is 29.9 Å². The number of nitrogens with one attached hydrogen (secondary N) is 2. The number of likely N-dealkylation sites (tertiary alicyclic amines) is 1. The highest BCUT2D eigenvalue weighted by Gasteiger charge is 2.17. The van der Waals surface area contributed by atoms with Gasteiger partial charge in [0.1, 0.15) is 0 Å². The second-order valence-electron chi connectivity index (χ2n) is 8.80. The second-order valence-corrected chi connectivity index (χ2v) is 8.80. The first-order valence-electron chi connectivity index (χ1n) is 12.3. The van der Waals surface area contributed by atoms with E-state index < -0.39 is 0 Å². The molecule has 0 aromatic heterocycles. The summed E-state index contributed by atoms with van der Waals surface area (Å²) in [6.07, 6.45) is 7.58. The van der Waals surface area contributed by atoms with Gasteiger partial charge >= 0.3 is 0 Å². The number of halogens is 1. The van der Waals surface area contributed by atoms with Crippen LogP contribution in [-0.4, -0.2) is 62.4 Å². The van der Waals surface area contributed by atoms with Crippen molar-refractivity contribution < 1.29 is 9.47 Å². The second kappa shape index (κ2) is 15.9. The van der Waals surface area contributed by atoms with Gasteiger partial charge in [-0.25, -0.2) is 4.99 Å². The molecule has 0 radical (unpaired) electrons. The Kier molecular flexibility index (Phi) is 13.5. The van der Waals surface area contributed by atoms with Gasteiger partial charge in [-0.15, -0.1) is 24.0 Å². The van der Waals surface area contributed by atoms with Crippen molar-refractivity contribution in [3.63, 3.8) is 0 Å². The standard InChI is InChI=1S/C25H42N4O2.HI/c1-3-26-25(27-14-6-16-29-15-5-4-7-21(29)2)28-19-22-8-10-23(11-9-22)20-31-24-12-17-30-18-13-24;/h8-11,21,24H,3-7,12-20H2,1-2H3,(H2,26,27,28);1H. The van der Waals surface area contributed by atoms with Crippen molar-refractivity contribution in [2.24, 2.45) is 4.99 Å². The van der Waals surface area contributed by atoms with Gasteiger partial charge in [0.15, 0.2) is 5.96 Å². The Balaban J connectivity index is 0.00000363. The van der Waals surface area contributed by atoms with E-state index in [0.29, 0.717) is 19.3 Å². The molecule has 3 rings (SSSR count). The van der Waals surface area contributed by atoms with Crippen LogP contribution in [0.3, 0.4) is 0 Å². The van der Waals surface area contributed by atoms with Crippen molar-refractivity contribution in [3.05, 3.63) is 35.4 Å². The van der Waals surface area contributed by atoms with Crippen LogP contribution in [0.15, 0.2) is 29.3 Å². The molecule has 1 aromatic rings. The molecule has 2 N–H and O–H groups in total. The van der Waals surface area contributed by atoms with Gasteiger partial charge in [0.05, 0.1) is 19.3 Å². The zero-order valence-corrected chi connectivity index (χ0v) is 22.3. The molecule has 0 aliphatic carbocycles. The van der Waals surface area contributed by atoms with E-state index in [0.717, 1.165) is 57.6 Å². The minimum Gasteiger partial charge on any atom is -0.381 e. The van der Waals surface area contributed by atoms with Crippen LogP contribution >= 0.6 is 24.0 Å². The topological polar surface area (TPSA) is 58.1 Å². The van der Waals surface area contributed by atoms with Crippen molar-refractivity contribution in [2.75, 3.05) is 39.4 Å². The Bertz CT molecular complexity index is 650. The summed E-state index contributed by atoms with van der Waals surface area (Å²) >= 11 is 0. The van der Waals surface area contributed by atoms with Crippen LogP contribution in [0.4, 0.5) is 0 Å². The van der Waals surface area contributed by atoms with Crippen molar-refractivity contribution in [1.82, 2.24) is 15.5 Å². The van der Waals surface area contributed by atoms with E-state index in [9.17, 15) is 0 Å². The third-order valence-electron chi connectivity index (χ3n) is 6.30. The van der Waals surface area contributed by atoms with E-state index in [1.165, 1.54) is 43.5 Å². The summed E-state index contributed by atoms with van der Waals surface area (Å²) < 4.78 is 11.4. The first kappa shape index (κ1) is 27.3. The molecular formula is C25H43IN4O2. The zero-order chi connectivity index (χ0) is 21.7. The van der Waals surface area contributed by atoms with Crippen LogP contribution < -0.4 is 10.6 Å². The van der Waals surface area contributed by atoms with E-state index in [2.05, 4.69) is 53.6 Å². The summed E-state index contributed by atoms with van der Waals surface area (Å²) in [6.45, 7) is 11.7. The maximum Gasteiger partial charge on any atom is 0.191 e. The summed E-state index contributed by atoms with van der Waals surface area (Å²) in [5.41, 5.74) is 2.44. The summed E-state index contributed by atoms with van der Waals surface area (Å²) in [4.78, 5) is 7.40. The van der Waals surface area contributed by atoms with E-state index in [4.69, 9.17) is 14.5 Å². The summed E-state index contributed by atoms with van der Waals surface area (Å²) in [6, 6.07) is 9.37. The molecule has 1 atom stereocenters. The largest absolute Gasteiger partial charge is 0.381 e. The summed E-state index contributed by atoms with van der Waals surface area (Å²) in [5, 5.41) is 6.86. The number of benzene rings is 1. The van der Waals surface area contributed by atoms with Gasteiger partial charge in [-0.05, 0) is 63.6 Å². The van der Waals surface area contributed by atoms with E-state index in [1.807, 2.05) is 0 Å². The number of hydrogen-bond donors (Lipinski definition) is 2. The van der Waals surface area contributed by atoms with Crippen LogP contribution in [0.2, 0.25) is 0 Å². The minimum absolute atomic E-state index is 0. The predicted octanol–water partition coefficient (Wildman–Crippen LogP) is 4.32. The molecule has 7 heteroatoms. The fourth-order valence-electron chi connectivity index (χ4n) is 4.29. The molecule has 2 fully saturated rings. The monoisotopic (exact) mass is 558 g/mol. The Morgan fingerprint density at radius 3 is 2.56 bits per heavy atom. The highest BCUT2D eigenvalue weighted by atomic mass is 127. The van der Waals surface area contributed by atoms with Crippen molar-refractivity contribution in [1.29, 1.82) is 0 Å². The maximum atomic E-state index is 6.01. The molecule has 32 heavy (non-hydrogen) atoms. The van der Waals surface area contributed by atoms with Crippen LogP contribution in [0.25, 0.3) is 0 Å². The molecule has 6 nitrogen and oxygen atoms in total. The van der Waals surface area contributed by atoms with Gasteiger partial charge in [-0.2, -0.15) is 0 Å². The fraction of sp³-hybridized carbons (Fsp3) is 0.720. The Morgan fingerprint density at radius 2 is 1.84 bits per heavy atom. The first-order chi connectivity index (χ1) is 15.2. The molecule has 1 aromatic carbocycles. The van der Waals surface area contributed by atoms with Crippen molar-refractivity contribution in [3.8, 4) is 0 Å². The number of ether oxygens (including phenoxy) is 2. The van der Waals surface area contributed by atoms with Crippen LogP contribution in [0.1, 0.15) is 63.5 Å². The van der Waals surface area contributed by atoms with Gasteiger partial charge in [0.2, 0.25) is 0 Å². The molecule has 0 bridgehead atoms. The first-order valence-corrected chi connectivity index (χ1v) is 12.3. The Labute approximate surface area is 211 Å². The van der Waals surface area contributed by atoms with E-state index in [1.54, 1.807) is 0 Å². The highest BCUT2D eigenvalue weighted by molar-refractivity contribution is 14.0.